The molecule has 0 aromatic rings. The molecule has 0 fully saturated rings. The van der Waals surface area contributed by atoms with Gasteiger partial charge in [-0.15, -0.1) is 0 Å². The summed E-state index contributed by atoms with van der Waals surface area (Å²) >= 11 is 162. The summed E-state index contributed by atoms with van der Waals surface area (Å²) in [7, 11) is -27.9. The first-order valence-corrected chi connectivity index (χ1v) is 598. The molecular weight excluding hydrogens is 11900 g/mol. The first-order chi connectivity index (χ1) is 42.7. The number of hydrogen-bond donors (Lipinski definition) is 0. The summed E-state index contributed by atoms with van der Waals surface area (Å²) in [6, 6.07) is 0. The van der Waals surface area contributed by atoms with E-state index in [-0.39, 0.29) is 0 Å². The van der Waals surface area contributed by atoms with Gasteiger partial charge in [-0.2, -0.15) is 0 Å². The zero-order chi connectivity index (χ0) is 74.6. The van der Waals surface area contributed by atoms with Crippen LogP contribution in [0.15, 0.2) is 0 Å². The van der Waals surface area contributed by atoms with Gasteiger partial charge >= 0.3 is 1260 Å². The Kier molecular flexibility index (Phi) is 169. The normalized spacial score (nSPS) is 19.1. The Balaban J connectivity index is 5.88. The van der Waals surface area contributed by atoms with Crippen LogP contribution >= 0.6 is 1260 Å². The summed E-state index contributed by atoms with van der Waals surface area (Å²) in [5.41, 5.74) is 0. The van der Waals surface area contributed by atoms with Crippen molar-refractivity contribution in [1.29, 1.82) is 0 Å². The van der Waals surface area contributed by atoms with Gasteiger partial charge in [0.05, 0.1) is 0 Å². The van der Waals surface area contributed by atoms with Crippen molar-refractivity contribution in [1.82, 2.24) is 0 Å². The van der Waals surface area contributed by atoms with Crippen LogP contribution in [0.25, 0.3) is 0 Å². The Morgan fingerprint density at radius 1 is 0.0532 bits per heavy atom. The number of hydrogen-bond acceptors (Lipinski definition) is 0. The van der Waals surface area contributed by atoms with Gasteiger partial charge in [0.25, 0.3) is 0 Å². The molecule has 0 spiro atoms. The van der Waals surface area contributed by atoms with Gasteiger partial charge in [0.15, 0.2) is 0 Å². The van der Waals surface area contributed by atoms with Crippen LogP contribution in [0.2, 0.25) is 0 Å². The molecule has 94 heavy (non-hydrogen) atoms. The molecule has 0 saturated carbocycles. The van der Waals surface area contributed by atoms with Crippen molar-refractivity contribution < 1.29 is 0 Å². The molecule has 0 radical (unpaired) electrons. The van der Waals surface area contributed by atoms with E-state index in [1.54, 1.807) is 0 Å². The van der Waals surface area contributed by atoms with Crippen LogP contribution in [0.4, 0.5) is 0 Å². The van der Waals surface area contributed by atoms with Crippen molar-refractivity contribution in [2.45, 2.75) is 0 Å². The van der Waals surface area contributed by atoms with Gasteiger partial charge in [0.1, 0.15) is 0 Å². The Hall–Kier alpha value is 68.6. The summed E-state index contributed by atoms with van der Waals surface area (Å²) in [4.78, 5) is 0. The van der Waals surface area contributed by atoms with Crippen LogP contribution in [0, 0.1) is 0 Å². The third-order valence-electron chi connectivity index (χ3n) is 3.67. The molecule has 0 bridgehead atoms. The quantitative estimate of drug-likeness (QED) is 0.0533. The fourth-order valence-electron chi connectivity index (χ4n) is 1.36. The molecule has 0 saturated heterocycles. The van der Waals surface area contributed by atoms with Gasteiger partial charge in [-0.25, -0.2) is 0 Å². The topological polar surface area (TPSA) is 0 Å². The Bertz CT molecular complexity index is 1820. The SMILES string of the molecule is II(I)I(I)I(I)I(I)I(I)I(I)I(I)I(I)I(I)I(I)I(I)I(I)I(I)I(I)I(I)I(I)I(I)I(I)I(I)I(I)I(I)I(I)I(I)I(I)I(I)I(I)I(I)I(I)I(I)I(I)I(I)I(I)I(I)I(I)I(I)I(I)I(I)I(I)I(I)I(I)I(I)I(I)I(I)I(I)I(I)I(I)I. The van der Waals surface area contributed by atoms with E-state index in [4.69, 9.17) is 0 Å². The molecule has 0 N–H and O–H groups in total. The maximum absolute atomic E-state index is 3.48. The predicted octanol–water partition coefficient (Wildman–Crippen LogP) is 83.3. The van der Waals surface area contributed by atoms with Gasteiger partial charge < -0.3 is 0 Å². The fraction of sp³-hybridized carbons (Fsp3) is 0. The summed E-state index contributed by atoms with van der Waals surface area (Å²) in [6.45, 7) is 0. The average Bonchev–Trinajstić information content (AvgIpc) is 0.841. The standard InChI is InChI=1S/I94/c1-49(2)51(5)53(7)55(9)57(11)59(13)61(15)63(17)65(19)67(21)69(23)71(25)73(27)75(29)77(31)79(33)81(35)83(37)85(39)87(41)89(43)91(45)93(47)94(48)92(46)90(44)88(42)86(40)84(38)82(36)80(34)78(32)76(30)74(28)72(26)70(24)68(22)66(20)64(18)62(16)60(14)58(12)56(10)54(8)52(6)50(3)4. The van der Waals surface area contributed by atoms with Crippen molar-refractivity contribution in [2.75, 3.05) is 0 Å². The van der Waals surface area contributed by atoms with Crippen molar-refractivity contribution in [3.63, 3.8) is 0 Å². The number of rotatable bonds is 45. The van der Waals surface area contributed by atoms with E-state index >= 15 is 0 Å². The molecule has 0 aliphatic carbocycles. The van der Waals surface area contributed by atoms with Crippen molar-refractivity contribution in [3.05, 3.63) is 0 Å². The summed E-state index contributed by atoms with van der Waals surface area (Å²) in [6.07, 6.45) is 0. The van der Waals surface area contributed by atoms with Crippen LogP contribution in [0.1, 0.15) is 0 Å². The van der Waals surface area contributed by atoms with E-state index < -0.39 is 363 Å². The van der Waals surface area contributed by atoms with Crippen molar-refractivity contribution in [3.8, 4) is 0 Å². The Morgan fingerprint density at radius 3 is 0.117 bits per heavy atom. The first-order valence-electron chi connectivity index (χ1n) is 13.3. The first kappa shape index (κ1) is 163. The zero-order valence-electron chi connectivity index (χ0n) is 35.5. The van der Waals surface area contributed by atoms with Crippen molar-refractivity contribution in [2.24, 2.45) is 0 Å². The Labute approximate surface area is 1180 Å². The average molecular weight is 11900 g/mol. The molecular formula is I94. The van der Waals surface area contributed by atoms with E-state index in [9.17, 15) is 0 Å². The molecule has 658 valence electrons. The zero-order valence-corrected chi connectivity index (χ0v) is 238. The van der Waals surface area contributed by atoms with Gasteiger partial charge in [-0.05, 0) is 0 Å². The molecule has 0 heterocycles. The Morgan fingerprint density at radius 2 is 0.0851 bits per heavy atom. The monoisotopic (exact) mass is 11900 g/mol. The summed E-state index contributed by atoms with van der Waals surface area (Å²) in [5, 5.41) is 0. The molecule has 0 aromatic carbocycles. The molecule has 0 aliphatic rings. The second kappa shape index (κ2) is 97.7. The molecule has 0 rings (SSSR count). The summed E-state index contributed by atoms with van der Waals surface area (Å²) in [5.74, 6) is 0. The van der Waals surface area contributed by atoms with E-state index in [1.165, 1.54) is 0 Å². The van der Waals surface area contributed by atoms with E-state index in [0.717, 1.165) is 0 Å². The van der Waals surface area contributed by atoms with Crippen LogP contribution < -0.4 is 0 Å². The minimum atomic E-state index is -0.655. The van der Waals surface area contributed by atoms with E-state index in [2.05, 4.69) is 894 Å². The molecule has 0 unspecified atom stereocenters. The minimum absolute atomic E-state index is 0.489. The van der Waals surface area contributed by atoms with Crippen LogP contribution in [-0.2, 0) is 0 Å². The number of halogens is 94. The van der Waals surface area contributed by atoms with Gasteiger partial charge in [-0.3, -0.25) is 0 Å². The van der Waals surface area contributed by atoms with Gasteiger partial charge in [-0.1, -0.05) is 0 Å². The van der Waals surface area contributed by atoms with E-state index in [1.807, 2.05) is 0 Å². The fourth-order valence-corrected chi connectivity index (χ4v) is 18400. The third-order valence-corrected chi connectivity index (χ3v) is 7440. The molecule has 0 atom stereocenters. The molecule has 0 aliphatic heterocycles. The maximum atomic E-state index is 3.48. The second-order valence-corrected chi connectivity index (χ2v) is 2250. The molecule has 0 amide bonds. The van der Waals surface area contributed by atoms with Crippen molar-refractivity contribution >= 4 is 1260 Å². The van der Waals surface area contributed by atoms with E-state index in [0.29, 0.717) is 0 Å². The second-order valence-electron chi connectivity index (χ2n) is 7.45. The van der Waals surface area contributed by atoms with Crippen LogP contribution in [0.3, 0.4) is 0 Å². The van der Waals surface area contributed by atoms with Gasteiger partial charge in [0, 0.05) is 0 Å². The van der Waals surface area contributed by atoms with Gasteiger partial charge in [0.2, 0.25) is 0 Å². The molecule has 94 heteroatoms. The molecule has 0 nitrogen and oxygen atoms in total. The molecule has 0 aromatic heterocycles. The third kappa shape index (κ3) is 66.2. The summed E-state index contributed by atoms with van der Waals surface area (Å²) < 4.78 is 0. The van der Waals surface area contributed by atoms with Crippen LogP contribution in [0.5, 0.6) is 0 Å². The van der Waals surface area contributed by atoms with Crippen LogP contribution in [-0.4, -0.2) is 0 Å². The predicted molar refractivity (Wildman–Crippen MR) is 1320 cm³/mol.